The molecule has 0 bridgehead atoms. The van der Waals surface area contributed by atoms with Gasteiger partial charge in [-0.25, -0.2) is 14.8 Å². The van der Waals surface area contributed by atoms with E-state index >= 15 is 0 Å². The summed E-state index contributed by atoms with van der Waals surface area (Å²) in [7, 11) is 1.53. The Hall–Kier alpha value is -3.79. The highest BCUT2D eigenvalue weighted by atomic mass is 32.1. The first-order chi connectivity index (χ1) is 16.9. The van der Waals surface area contributed by atoms with E-state index in [0.29, 0.717) is 11.7 Å². The van der Waals surface area contributed by atoms with Crippen molar-refractivity contribution in [2.24, 2.45) is 7.05 Å². The van der Waals surface area contributed by atoms with Gasteiger partial charge in [-0.05, 0) is 38.2 Å². The second-order valence-electron chi connectivity index (χ2n) is 8.49. The molecule has 0 atom stereocenters. The lowest BCUT2D eigenvalue weighted by atomic mass is 10.0. The lowest BCUT2D eigenvalue weighted by Crippen LogP contribution is -2.34. The van der Waals surface area contributed by atoms with Gasteiger partial charge < -0.3 is 13.7 Å². The predicted octanol–water partition coefficient (Wildman–Crippen LogP) is 3.56. The fraction of sp³-hybridized carbons (Fsp3) is 0.320. The number of thiazole rings is 1. The van der Waals surface area contributed by atoms with Crippen LogP contribution in [-0.4, -0.2) is 33.0 Å². The van der Waals surface area contributed by atoms with Crippen molar-refractivity contribution in [2.75, 3.05) is 11.5 Å². The Morgan fingerprint density at radius 1 is 1.20 bits per heavy atom. The van der Waals surface area contributed by atoms with Crippen molar-refractivity contribution in [3.8, 4) is 0 Å². The first-order valence-electron chi connectivity index (χ1n) is 11.4. The van der Waals surface area contributed by atoms with Crippen LogP contribution in [0.3, 0.4) is 0 Å². The number of furan rings is 1. The summed E-state index contributed by atoms with van der Waals surface area (Å²) in [6.07, 6.45) is 5.40. The standard InChI is InChI=1S/C25H24N4O5S/c1-15-20(21-22(34-15)26-14-28(2)23(21)31)24(32)33-13-19(30)29(12-16-8-4-3-5-9-16)25-27-17-10-6-7-11-18(17)35-25/h3-5,8-9,14H,6-7,10-13H2,1-2H3. The number of anilines is 1. The third-order valence-electron chi connectivity index (χ3n) is 6.03. The van der Waals surface area contributed by atoms with Crippen LogP contribution >= 0.6 is 11.3 Å². The number of esters is 1. The predicted molar refractivity (Wildman–Crippen MR) is 131 cm³/mol. The smallest absolute Gasteiger partial charge is 0.343 e. The van der Waals surface area contributed by atoms with Crippen LogP contribution in [0.5, 0.6) is 0 Å². The molecule has 180 valence electrons. The highest BCUT2D eigenvalue weighted by Gasteiger charge is 2.27. The number of aromatic nitrogens is 3. The molecule has 10 heteroatoms. The first kappa shape index (κ1) is 23.0. The van der Waals surface area contributed by atoms with Crippen LogP contribution in [0.4, 0.5) is 5.13 Å². The number of carbonyl (C=O) groups excluding carboxylic acids is 2. The number of hydrogen-bond donors (Lipinski definition) is 0. The minimum atomic E-state index is -0.808. The van der Waals surface area contributed by atoms with Gasteiger partial charge in [-0.1, -0.05) is 30.3 Å². The Labute approximate surface area is 205 Å². The molecule has 0 spiro atoms. The van der Waals surface area contributed by atoms with Crippen molar-refractivity contribution >= 4 is 39.4 Å². The Kier molecular flexibility index (Phi) is 6.21. The van der Waals surface area contributed by atoms with E-state index in [1.807, 2.05) is 30.3 Å². The van der Waals surface area contributed by atoms with Crippen molar-refractivity contribution in [2.45, 2.75) is 39.2 Å². The topological polar surface area (TPSA) is 108 Å². The van der Waals surface area contributed by atoms with E-state index in [1.54, 1.807) is 11.8 Å². The quantitative estimate of drug-likeness (QED) is 0.379. The molecule has 1 amide bonds. The summed E-state index contributed by atoms with van der Waals surface area (Å²) in [6, 6.07) is 9.60. The molecule has 0 aliphatic heterocycles. The van der Waals surface area contributed by atoms with Crippen molar-refractivity contribution in [3.05, 3.63) is 74.5 Å². The maximum Gasteiger partial charge on any atom is 0.343 e. The summed E-state index contributed by atoms with van der Waals surface area (Å²) in [5.74, 6) is -0.996. The van der Waals surface area contributed by atoms with Gasteiger partial charge in [-0.15, -0.1) is 11.3 Å². The molecule has 3 heterocycles. The molecule has 1 aliphatic carbocycles. The number of ether oxygens (including phenoxy) is 1. The average Bonchev–Trinajstić information content (AvgIpc) is 3.44. The van der Waals surface area contributed by atoms with Gasteiger partial charge in [0.1, 0.15) is 23.0 Å². The zero-order valence-corrected chi connectivity index (χ0v) is 20.3. The van der Waals surface area contributed by atoms with Crippen molar-refractivity contribution in [3.63, 3.8) is 0 Å². The van der Waals surface area contributed by atoms with Crippen LogP contribution in [0, 0.1) is 6.92 Å². The molecule has 5 rings (SSSR count). The third kappa shape index (κ3) is 4.49. The molecule has 1 aliphatic rings. The fourth-order valence-corrected chi connectivity index (χ4v) is 5.36. The molecule has 4 aromatic rings. The number of benzene rings is 1. The average molecular weight is 493 g/mol. The largest absolute Gasteiger partial charge is 0.452 e. The Bertz CT molecular complexity index is 1450. The third-order valence-corrected chi connectivity index (χ3v) is 7.21. The molecular weight excluding hydrogens is 468 g/mol. The SMILES string of the molecule is Cc1oc2ncn(C)c(=O)c2c1C(=O)OCC(=O)N(Cc1ccccc1)c1nc2c(s1)CCCC2. The number of aryl methyl sites for hydroxylation is 4. The highest BCUT2D eigenvalue weighted by Crippen LogP contribution is 2.32. The van der Waals surface area contributed by atoms with Crippen molar-refractivity contribution in [1.29, 1.82) is 0 Å². The molecule has 9 nitrogen and oxygen atoms in total. The van der Waals surface area contributed by atoms with Crippen LogP contribution in [0.2, 0.25) is 0 Å². The number of nitrogens with zero attached hydrogens (tertiary/aromatic N) is 4. The van der Waals surface area contributed by atoms with Crippen LogP contribution in [0.1, 0.15) is 45.1 Å². The summed E-state index contributed by atoms with van der Waals surface area (Å²) < 4.78 is 12.1. The summed E-state index contributed by atoms with van der Waals surface area (Å²) in [5, 5.41) is 0.642. The molecule has 0 fully saturated rings. The summed E-state index contributed by atoms with van der Waals surface area (Å²) in [6.45, 7) is 1.37. The molecule has 0 unspecified atom stereocenters. The molecule has 0 saturated heterocycles. The van der Waals surface area contributed by atoms with Gasteiger partial charge in [-0.3, -0.25) is 14.5 Å². The van der Waals surface area contributed by atoms with E-state index in [-0.39, 0.29) is 22.4 Å². The van der Waals surface area contributed by atoms with E-state index in [0.717, 1.165) is 36.9 Å². The van der Waals surface area contributed by atoms with Crippen LogP contribution < -0.4 is 10.5 Å². The lowest BCUT2D eigenvalue weighted by Gasteiger charge is -2.20. The number of fused-ring (bicyclic) bond motifs is 2. The van der Waals surface area contributed by atoms with Gasteiger partial charge in [0.2, 0.25) is 5.71 Å². The Morgan fingerprint density at radius 3 is 2.74 bits per heavy atom. The highest BCUT2D eigenvalue weighted by molar-refractivity contribution is 7.15. The maximum absolute atomic E-state index is 13.3. The van der Waals surface area contributed by atoms with E-state index < -0.39 is 24.0 Å². The number of hydrogen-bond acceptors (Lipinski definition) is 8. The zero-order valence-electron chi connectivity index (χ0n) is 19.4. The molecule has 0 N–H and O–H groups in total. The zero-order chi connectivity index (χ0) is 24.5. The molecule has 0 radical (unpaired) electrons. The number of carbonyl (C=O) groups is 2. The minimum absolute atomic E-state index is 0.0131. The van der Waals surface area contributed by atoms with E-state index in [2.05, 4.69) is 4.98 Å². The fourth-order valence-electron chi connectivity index (χ4n) is 4.19. The summed E-state index contributed by atoms with van der Waals surface area (Å²) in [5.41, 5.74) is 1.60. The first-order valence-corrected chi connectivity index (χ1v) is 12.2. The number of rotatable bonds is 6. The molecule has 35 heavy (non-hydrogen) atoms. The minimum Gasteiger partial charge on any atom is -0.452 e. The Morgan fingerprint density at radius 2 is 1.97 bits per heavy atom. The van der Waals surface area contributed by atoms with Gasteiger partial charge >= 0.3 is 5.97 Å². The lowest BCUT2D eigenvalue weighted by molar-refractivity contribution is -0.121. The second kappa shape index (κ2) is 9.46. The van der Waals surface area contributed by atoms with Gasteiger partial charge in [0, 0.05) is 11.9 Å². The van der Waals surface area contributed by atoms with Crippen LogP contribution in [0.15, 0.2) is 45.9 Å². The molecule has 0 saturated carbocycles. The molecular formula is C25H24N4O5S. The van der Waals surface area contributed by atoms with Crippen LogP contribution in [-0.2, 0) is 36.0 Å². The number of amides is 1. The van der Waals surface area contributed by atoms with Crippen LogP contribution in [0.25, 0.3) is 11.1 Å². The normalized spacial score (nSPS) is 13.0. The van der Waals surface area contributed by atoms with Gasteiger partial charge in [-0.2, -0.15) is 0 Å². The van der Waals surface area contributed by atoms with Gasteiger partial charge in [0.15, 0.2) is 11.7 Å². The summed E-state index contributed by atoms with van der Waals surface area (Å²) in [4.78, 5) is 50.4. The van der Waals surface area contributed by atoms with E-state index in [4.69, 9.17) is 14.1 Å². The second-order valence-corrected chi connectivity index (χ2v) is 9.55. The van der Waals surface area contributed by atoms with Gasteiger partial charge in [0.25, 0.3) is 11.5 Å². The van der Waals surface area contributed by atoms with Crippen molar-refractivity contribution < 1.29 is 18.7 Å². The van der Waals surface area contributed by atoms with Gasteiger partial charge in [0.05, 0.1) is 12.2 Å². The monoisotopic (exact) mass is 492 g/mol. The summed E-state index contributed by atoms with van der Waals surface area (Å²) >= 11 is 1.52. The maximum atomic E-state index is 13.3. The van der Waals surface area contributed by atoms with E-state index in [9.17, 15) is 14.4 Å². The van der Waals surface area contributed by atoms with E-state index in [1.165, 1.54) is 34.2 Å². The van der Waals surface area contributed by atoms with Crippen molar-refractivity contribution in [1.82, 2.24) is 14.5 Å². The Balaban J connectivity index is 1.40. The molecule has 3 aromatic heterocycles. The molecule has 1 aromatic carbocycles.